The van der Waals surface area contributed by atoms with Gasteiger partial charge in [0.1, 0.15) is 0 Å². The minimum Gasteiger partial charge on any atom is -0.381 e. The molecule has 4 nitrogen and oxygen atoms in total. The number of hydrogen-bond donors (Lipinski definition) is 1. The van der Waals surface area contributed by atoms with Crippen molar-refractivity contribution in [1.29, 1.82) is 0 Å². The van der Waals surface area contributed by atoms with Crippen LogP contribution in [0.15, 0.2) is 24.3 Å². The summed E-state index contributed by atoms with van der Waals surface area (Å²) in [5, 5.41) is 0.673. The number of carbonyl (C=O) groups excluding carboxylic acids is 1. The van der Waals surface area contributed by atoms with E-state index in [1.807, 2.05) is 24.3 Å². The average Bonchev–Trinajstić information content (AvgIpc) is 2.38. The third-order valence-electron chi connectivity index (χ3n) is 3.47. The Morgan fingerprint density at radius 3 is 2.79 bits per heavy atom. The lowest BCUT2D eigenvalue weighted by Gasteiger charge is -2.35. The van der Waals surface area contributed by atoms with Gasteiger partial charge in [0, 0.05) is 31.8 Å². The van der Waals surface area contributed by atoms with Gasteiger partial charge < -0.3 is 15.4 Å². The van der Waals surface area contributed by atoms with E-state index in [0.717, 1.165) is 5.56 Å². The predicted octanol–water partition coefficient (Wildman–Crippen LogP) is 1.81. The van der Waals surface area contributed by atoms with Crippen LogP contribution in [0.1, 0.15) is 18.4 Å². The monoisotopic (exact) mass is 282 g/mol. The molecule has 0 aliphatic carbocycles. The Bertz CT molecular complexity index is 459. The number of likely N-dealkylation sites (N-methyl/N-ethyl adjacent to an activating group) is 1. The first-order chi connectivity index (χ1) is 9.01. The average molecular weight is 283 g/mol. The number of ether oxygens (including phenoxy) is 1. The minimum atomic E-state index is -0.786. The van der Waals surface area contributed by atoms with E-state index in [1.54, 1.807) is 11.9 Å². The van der Waals surface area contributed by atoms with Gasteiger partial charge in [-0.3, -0.25) is 4.79 Å². The van der Waals surface area contributed by atoms with Crippen LogP contribution in [0.5, 0.6) is 0 Å². The van der Waals surface area contributed by atoms with E-state index in [9.17, 15) is 4.79 Å². The van der Waals surface area contributed by atoms with Gasteiger partial charge >= 0.3 is 0 Å². The summed E-state index contributed by atoms with van der Waals surface area (Å²) in [5.41, 5.74) is 6.40. The fraction of sp³-hybridized carbons (Fsp3) is 0.500. The molecule has 0 saturated carbocycles. The van der Waals surface area contributed by atoms with Crippen LogP contribution in [-0.4, -0.2) is 36.6 Å². The van der Waals surface area contributed by atoms with Crippen molar-refractivity contribution >= 4 is 17.5 Å². The standard InChI is InChI=1S/C14H19ClN2O2/c1-17(10-11-3-2-4-12(15)9-11)13(18)14(16)5-7-19-8-6-14/h2-4,9H,5-8,10,16H2,1H3. The molecule has 0 atom stereocenters. The van der Waals surface area contributed by atoms with Crippen molar-refractivity contribution in [2.45, 2.75) is 24.9 Å². The highest BCUT2D eigenvalue weighted by molar-refractivity contribution is 6.30. The van der Waals surface area contributed by atoms with Crippen LogP contribution in [-0.2, 0) is 16.1 Å². The van der Waals surface area contributed by atoms with Crippen molar-refractivity contribution in [2.24, 2.45) is 5.73 Å². The molecule has 19 heavy (non-hydrogen) atoms. The van der Waals surface area contributed by atoms with Crippen molar-refractivity contribution in [3.63, 3.8) is 0 Å². The zero-order chi connectivity index (χ0) is 13.9. The number of rotatable bonds is 3. The number of amides is 1. The smallest absolute Gasteiger partial charge is 0.242 e. The van der Waals surface area contributed by atoms with Gasteiger partial charge in [0.2, 0.25) is 5.91 Å². The second kappa shape index (κ2) is 5.90. The zero-order valence-corrected chi connectivity index (χ0v) is 11.8. The van der Waals surface area contributed by atoms with E-state index in [2.05, 4.69) is 0 Å². The lowest BCUT2D eigenvalue weighted by Crippen LogP contribution is -2.57. The van der Waals surface area contributed by atoms with Crippen molar-refractivity contribution in [1.82, 2.24) is 4.90 Å². The molecule has 1 heterocycles. The lowest BCUT2D eigenvalue weighted by molar-refractivity contribution is -0.139. The molecule has 104 valence electrons. The van der Waals surface area contributed by atoms with Gasteiger partial charge in [-0.05, 0) is 30.5 Å². The number of hydrogen-bond acceptors (Lipinski definition) is 3. The minimum absolute atomic E-state index is 0.0317. The van der Waals surface area contributed by atoms with E-state index in [-0.39, 0.29) is 5.91 Å². The molecule has 0 spiro atoms. The van der Waals surface area contributed by atoms with Crippen molar-refractivity contribution < 1.29 is 9.53 Å². The Hall–Kier alpha value is -1.10. The van der Waals surface area contributed by atoms with Gasteiger partial charge in [0.05, 0.1) is 5.54 Å². The number of nitrogens with two attached hydrogens (primary N) is 1. The van der Waals surface area contributed by atoms with Gasteiger partial charge in [-0.2, -0.15) is 0 Å². The van der Waals surface area contributed by atoms with Crippen LogP contribution in [0.3, 0.4) is 0 Å². The van der Waals surface area contributed by atoms with E-state index < -0.39 is 5.54 Å². The Balaban J connectivity index is 2.03. The molecular formula is C14H19ClN2O2. The van der Waals surface area contributed by atoms with Crippen LogP contribution in [0.2, 0.25) is 5.02 Å². The third kappa shape index (κ3) is 3.47. The van der Waals surface area contributed by atoms with Crippen molar-refractivity contribution in [3.8, 4) is 0 Å². The lowest BCUT2D eigenvalue weighted by atomic mass is 9.89. The largest absolute Gasteiger partial charge is 0.381 e. The van der Waals surface area contributed by atoms with Gasteiger partial charge in [-0.15, -0.1) is 0 Å². The van der Waals surface area contributed by atoms with Crippen molar-refractivity contribution in [2.75, 3.05) is 20.3 Å². The summed E-state index contributed by atoms with van der Waals surface area (Å²) >= 11 is 5.94. The van der Waals surface area contributed by atoms with Crippen LogP contribution in [0.4, 0.5) is 0 Å². The molecule has 0 radical (unpaired) electrons. The van der Waals surface area contributed by atoms with Crippen LogP contribution >= 0.6 is 11.6 Å². The molecule has 1 fully saturated rings. The first-order valence-corrected chi connectivity index (χ1v) is 6.76. The first-order valence-electron chi connectivity index (χ1n) is 6.38. The van der Waals surface area contributed by atoms with Crippen LogP contribution in [0.25, 0.3) is 0 Å². The predicted molar refractivity (Wildman–Crippen MR) is 74.9 cm³/mol. The van der Waals surface area contributed by atoms with Gasteiger partial charge in [0.15, 0.2) is 0 Å². The summed E-state index contributed by atoms with van der Waals surface area (Å²) in [7, 11) is 1.77. The van der Waals surface area contributed by atoms with Crippen LogP contribution in [0, 0.1) is 0 Å². The van der Waals surface area contributed by atoms with E-state index in [4.69, 9.17) is 22.1 Å². The maximum atomic E-state index is 12.4. The summed E-state index contributed by atoms with van der Waals surface area (Å²) < 4.78 is 5.26. The van der Waals surface area contributed by atoms with Gasteiger partial charge in [-0.25, -0.2) is 0 Å². The zero-order valence-electron chi connectivity index (χ0n) is 11.1. The molecule has 2 rings (SSSR count). The summed E-state index contributed by atoms with van der Waals surface area (Å²) in [5.74, 6) is -0.0317. The third-order valence-corrected chi connectivity index (χ3v) is 3.70. The number of nitrogens with zero attached hydrogens (tertiary/aromatic N) is 1. The highest BCUT2D eigenvalue weighted by Crippen LogP contribution is 2.21. The highest BCUT2D eigenvalue weighted by Gasteiger charge is 2.37. The molecule has 1 saturated heterocycles. The Labute approximate surface area is 118 Å². The maximum absolute atomic E-state index is 12.4. The molecular weight excluding hydrogens is 264 g/mol. The highest BCUT2D eigenvalue weighted by atomic mass is 35.5. The fourth-order valence-corrected chi connectivity index (χ4v) is 2.52. The molecule has 2 N–H and O–H groups in total. The van der Waals surface area contributed by atoms with Gasteiger partial charge in [0.25, 0.3) is 0 Å². The summed E-state index contributed by atoms with van der Waals surface area (Å²) in [4.78, 5) is 14.1. The molecule has 1 aromatic carbocycles. The normalized spacial score (nSPS) is 18.1. The van der Waals surface area contributed by atoms with E-state index in [1.165, 1.54) is 0 Å². The quantitative estimate of drug-likeness (QED) is 0.920. The first kappa shape index (κ1) is 14.3. The Kier molecular flexibility index (Phi) is 4.45. The van der Waals surface area contributed by atoms with E-state index >= 15 is 0 Å². The SMILES string of the molecule is CN(Cc1cccc(Cl)c1)C(=O)C1(N)CCOCC1. The molecule has 5 heteroatoms. The Morgan fingerprint density at radius 1 is 1.47 bits per heavy atom. The topological polar surface area (TPSA) is 55.6 Å². The fourth-order valence-electron chi connectivity index (χ4n) is 2.31. The number of carbonyl (C=O) groups is 1. The van der Waals surface area contributed by atoms with Crippen LogP contribution < -0.4 is 5.73 Å². The maximum Gasteiger partial charge on any atom is 0.242 e. The summed E-state index contributed by atoms with van der Waals surface area (Å²) in [6, 6.07) is 7.50. The summed E-state index contributed by atoms with van der Waals surface area (Å²) in [6.45, 7) is 1.61. The molecule has 0 aromatic heterocycles. The molecule has 1 amide bonds. The molecule has 1 aliphatic rings. The van der Waals surface area contributed by atoms with Gasteiger partial charge in [-0.1, -0.05) is 23.7 Å². The molecule has 0 unspecified atom stereocenters. The number of halogens is 1. The molecule has 1 aliphatic heterocycles. The Morgan fingerprint density at radius 2 is 2.16 bits per heavy atom. The second-order valence-electron chi connectivity index (χ2n) is 5.06. The second-order valence-corrected chi connectivity index (χ2v) is 5.50. The van der Waals surface area contributed by atoms with E-state index in [0.29, 0.717) is 37.6 Å². The number of benzene rings is 1. The molecule has 1 aromatic rings. The van der Waals surface area contributed by atoms with Crippen molar-refractivity contribution in [3.05, 3.63) is 34.9 Å². The summed E-state index contributed by atoms with van der Waals surface area (Å²) in [6.07, 6.45) is 1.15. The molecule has 0 bridgehead atoms.